The van der Waals surface area contributed by atoms with Crippen LogP contribution in [-0.2, 0) is 0 Å². The molecule has 0 saturated carbocycles. The van der Waals surface area contributed by atoms with Gasteiger partial charge in [0, 0.05) is 24.7 Å². The van der Waals surface area contributed by atoms with Gasteiger partial charge in [-0.3, -0.25) is 4.90 Å². The van der Waals surface area contributed by atoms with E-state index in [1.54, 1.807) is 0 Å². The van der Waals surface area contributed by atoms with Crippen LogP contribution in [0.15, 0.2) is 48.5 Å². The third-order valence-corrected chi connectivity index (χ3v) is 4.31. The van der Waals surface area contributed by atoms with Gasteiger partial charge >= 0.3 is 0 Å². The minimum absolute atomic E-state index is 0.242. The van der Waals surface area contributed by atoms with E-state index in [2.05, 4.69) is 4.90 Å². The van der Waals surface area contributed by atoms with E-state index in [0.717, 1.165) is 48.1 Å². The SMILES string of the molecule is CC.Cc1cc(Cl)ccc1OC1CCN(CCOc2ccccc2)C1. The fourth-order valence-electron chi connectivity index (χ4n) is 2.83. The molecule has 1 aliphatic heterocycles. The smallest absolute Gasteiger partial charge is 0.122 e. The van der Waals surface area contributed by atoms with Crippen LogP contribution < -0.4 is 9.47 Å². The minimum atomic E-state index is 0.242. The minimum Gasteiger partial charge on any atom is -0.492 e. The fourth-order valence-corrected chi connectivity index (χ4v) is 3.06. The highest BCUT2D eigenvalue weighted by Gasteiger charge is 2.24. The van der Waals surface area contributed by atoms with E-state index < -0.39 is 0 Å². The number of para-hydroxylation sites is 1. The summed E-state index contributed by atoms with van der Waals surface area (Å²) in [5.41, 5.74) is 1.09. The lowest BCUT2D eigenvalue weighted by atomic mass is 10.2. The molecule has 3 rings (SSSR count). The van der Waals surface area contributed by atoms with Crippen molar-refractivity contribution in [2.24, 2.45) is 0 Å². The Hall–Kier alpha value is -1.71. The predicted molar refractivity (Wildman–Crippen MR) is 105 cm³/mol. The second-order valence-corrected chi connectivity index (χ2v) is 6.34. The summed E-state index contributed by atoms with van der Waals surface area (Å²) in [5.74, 6) is 1.86. The summed E-state index contributed by atoms with van der Waals surface area (Å²) >= 11 is 5.99. The van der Waals surface area contributed by atoms with E-state index in [0.29, 0.717) is 6.61 Å². The van der Waals surface area contributed by atoms with Crippen molar-refractivity contribution in [3.05, 3.63) is 59.1 Å². The largest absolute Gasteiger partial charge is 0.492 e. The molecule has 1 atom stereocenters. The van der Waals surface area contributed by atoms with Crippen molar-refractivity contribution in [1.82, 2.24) is 4.90 Å². The molecule has 136 valence electrons. The van der Waals surface area contributed by atoms with Crippen LogP contribution in [0.2, 0.25) is 5.02 Å². The number of benzene rings is 2. The van der Waals surface area contributed by atoms with Crippen molar-refractivity contribution in [2.75, 3.05) is 26.2 Å². The van der Waals surface area contributed by atoms with E-state index in [1.807, 2.05) is 69.3 Å². The van der Waals surface area contributed by atoms with Crippen LogP contribution in [-0.4, -0.2) is 37.2 Å². The Kier molecular flexibility index (Phi) is 8.10. The summed E-state index contributed by atoms with van der Waals surface area (Å²) in [7, 11) is 0. The highest BCUT2D eigenvalue weighted by atomic mass is 35.5. The molecule has 0 aromatic heterocycles. The molecule has 0 amide bonds. The Morgan fingerprint density at radius 1 is 1.12 bits per heavy atom. The van der Waals surface area contributed by atoms with Crippen LogP contribution in [0.5, 0.6) is 11.5 Å². The number of hydrogen-bond donors (Lipinski definition) is 0. The summed E-state index contributed by atoms with van der Waals surface area (Å²) in [6.07, 6.45) is 1.29. The molecule has 1 heterocycles. The molecule has 0 radical (unpaired) electrons. The summed E-state index contributed by atoms with van der Waals surface area (Å²) in [6.45, 7) is 9.66. The number of hydrogen-bond acceptors (Lipinski definition) is 3. The monoisotopic (exact) mass is 361 g/mol. The summed E-state index contributed by atoms with van der Waals surface area (Å²) in [6, 6.07) is 15.7. The average Bonchev–Trinajstić information content (AvgIpc) is 3.08. The third kappa shape index (κ3) is 6.26. The number of nitrogens with zero attached hydrogens (tertiary/aromatic N) is 1. The Morgan fingerprint density at radius 2 is 1.88 bits per heavy atom. The Morgan fingerprint density at radius 3 is 2.60 bits per heavy atom. The van der Waals surface area contributed by atoms with Crippen molar-refractivity contribution in [1.29, 1.82) is 0 Å². The van der Waals surface area contributed by atoms with Crippen LogP contribution in [0.25, 0.3) is 0 Å². The van der Waals surface area contributed by atoms with Crippen molar-refractivity contribution < 1.29 is 9.47 Å². The Labute approximate surface area is 156 Å². The number of rotatable bonds is 6. The van der Waals surface area contributed by atoms with Crippen LogP contribution in [0.1, 0.15) is 25.8 Å². The molecule has 25 heavy (non-hydrogen) atoms. The molecule has 1 saturated heterocycles. The van der Waals surface area contributed by atoms with Gasteiger partial charge < -0.3 is 9.47 Å². The van der Waals surface area contributed by atoms with Gasteiger partial charge in [-0.2, -0.15) is 0 Å². The second kappa shape index (κ2) is 10.3. The van der Waals surface area contributed by atoms with E-state index in [4.69, 9.17) is 21.1 Å². The van der Waals surface area contributed by atoms with Crippen molar-refractivity contribution in [3.63, 3.8) is 0 Å². The molecule has 2 aromatic carbocycles. The molecule has 1 fully saturated rings. The van der Waals surface area contributed by atoms with Gasteiger partial charge in [-0.05, 0) is 49.2 Å². The number of ether oxygens (including phenoxy) is 2. The lowest BCUT2D eigenvalue weighted by Gasteiger charge is -2.18. The first-order valence-electron chi connectivity index (χ1n) is 9.04. The summed E-state index contributed by atoms with van der Waals surface area (Å²) < 4.78 is 11.9. The first-order chi connectivity index (χ1) is 12.2. The van der Waals surface area contributed by atoms with Gasteiger partial charge in [0.2, 0.25) is 0 Å². The molecular formula is C21H28ClNO2. The van der Waals surface area contributed by atoms with Crippen molar-refractivity contribution in [3.8, 4) is 11.5 Å². The van der Waals surface area contributed by atoms with E-state index in [-0.39, 0.29) is 6.10 Å². The molecule has 0 bridgehead atoms. The molecule has 2 aromatic rings. The summed E-state index contributed by atoms with van der Waals surface area (Å²) in [4.78, 5) is 2.39. The molecular weight excluding hydrogens is 334 g/mol. The van der Waals surface area contributed by atoms with Gasteiger partial charge in [-0.1, -0.05) is 43.6 Å². The molecule has 0 N–H and O–H groups in total. The lowest BCUT2D eigenvalue weighted by Crippen LogP contribution is -2.28. The highest BCUT2D eigenvalue weighted by molar-refractivity contribution is 6.30. The maximum absolute atomic E-state index is 6.11. The van der Waals surface area contributed by atoms with Gasteiger partial charge in [0.05, 0.1) is 0 Å². The van der Waals surface area contributed by atoms with E-state index in [9.17, 15) is 0 Å². The van der Waals surface area contributed by atoms with Gasteiger partial charge in [-0.25, -0.2) is 0 Å². The average molecular weight is 362 g/mol. The van der Waals surface area contributed by atoms with Gasteiger partial charge in [0.15, 0.2) is 0 Å². The highest BCUT2D eigenvalue weighted by Crippen LogP contribution is 2.25. The first kappa shape index (κ1) is 19.6. The maximum atomic E-state index is 6.11. The second-order valence-electron chi connectivity index (χ2n) is 5.90. The first-order valence-corrected chi connectivity index (χ1v) is 9.41. The molecule has 1 aliphatic rings. The quantitative estimate of drug-likeness (QED) is 0.705. The van der Waals surface area contributed by atoms with Gasteiger partial charge in [-0.15, -0.1) is 0 Å². The maximum Gasteiger partial charge on any atom is 0.122 e. The topological polar surface area (TPSA) is 21.7 Å². The Balaban J connectivity index is 0.00000109. The fraction of sp³-hybridized carbons (Fsp3) is 0.429. The molecule has 3 nitrogen and oxygen atoms in total. The zero-order valence-electron chi connectivity index (χ0n) is 15.4. The number of likely N-dealkylation sites (tertiary alicyclic amines) is 1. The van der Waals surface area contributed by atoms with Crippen LogP contribution in [0.4, 0.5) is 0 Å². The Bertz CT molecular complexity index is 633. The normalized spacial score (nSPS) is 16.9. The predicted octanol–water partition coefficient (Wildman–Crippen LogP) is 5.21. The molecule has 0 spiro atoms. The van der Waals surface area contributed by atoms with Gasteiger partial charge in [0.1, 0.15) is 24.2 Å². The van der Waals surface area contributed by atoms with Crippen LogP contribution in [0.3, 0.4) is 0 Å². The number of halogens is 1. The van der Waals surface area contributed by atoms with Crippen LogP contribution in [0, 0.1) is 6.92 Å². The van der Waals surface area contributed by atoms with Crippen LogP contribution >= 0.6 is 11.6 Å². The lowest BCUT2D eigenvalue weighted by molar-refractivity contribution is 0.185. The number of aryl methyl sites for hydroxylation is 1. The molecule has 0 aliphatic carbocycles. The zero-order valence-corrected chi connectivity index (χ0v) is 16.1. The standard InChI is InChI=1S/C19H22ClNO2.C2H6/c1-15-13-16(20)7-8-19(15)23-18-9-10-21(14-18)11-12-22-17-5-3-2-4-6-17;1-2/h2-8,13,18H,9-12,14H2,1H3;1-2H3. The molecule has 1 unspecified atom stereocenters. The van der Waals surface area contributed by atoms with Crippen molar-refractivity contribution in [2.45, 2.75) is 33.3 Å². The van der Waals surface area contributed by atoms with E-state index >= 15 is 0 Å². The van der Waals surface area contributed by atoms with Crippen molar-refractivity contribution >= 4 is 11.6 Å². The summed E-state index contributed by atoms with van der Waals surface area (Å²) in [5, 5.41) is 0.751. The third-order valence-electron chi connectivity index (χ3n) is 4.08. The van der Waals surface area contributed by atoms with E-state index in [1.165, 1.54) is 0 Å². The molecule has 4 heteroatoms. The zero-order chi connectivity index (χ0) is 18.1. The van der Waals surface area contributed by atoms with Gasteiger partial charge in [0.25, 0.3) is 0 Å².